The molecule has 3 unspecified atom stereocenters. The second-order valence-electron chi connectivity index (χ2n) is 4.84. The van der Waals surface area contributed by atoms with Crippen LogP contribution < -0.4 is 0 Å². The highest BCUT2D eigenvalue weighted by molar-refractivity contribution is 7.98. The van der Waals surface area contributed by atoms with E-state index in [-0.39, 0.29) is 11.1 Å². The first kappa shape index (κ1) is 15.6. The van der Waals surface area contributed by atoms with E-state index in [1.54, 1.807) is 30.4 Å². The Morgan fingerprint density at radius 3 is 2.32 bits per heavy atom. The van der Waals surface area contributed by atoms with Gasteiger partial charge in [-0.15, -0.1) is 23.2 Å². The van der Waals surface area contributed by atoms with Gasteiger partial charge in [-0.05, 0) is 12.1 Å². The first-order valence-electron chi connectivity index (χ1n) is 6.43. The Hall–Kier alpha value is -1.30. The molecule has 1 aliphatic carbocycles. The highest BCUT2D eigenvalue weighted by Gasteiger charge is 2.47. The summed E-state index contributed by atoms with van der Waals surface area (Å²) in [5, 5.41) is -0.781. The molecule has 0 fully saturated rings. The van der Waals surface area contributed by atoms with Crippen LogP contribution in [0.15, 0.2) is 48.6 Å². The zero-order valence-corrected chi connectivity index (χ0v) is 13.4. The maximum Gasteiger partial charge on any atom is 0.271 e. The summed E-state index contributed by atoms with van der Waals surface area (Å²) in [6, 6.07) is 6.37. The van der Waals surface area contributed by atoms with Gasteiger partial charge in [-0.3, -0.25) is 9.59 Å². The van der Waals surface area contributed by atoms with E-state index in [9.17, 15) is 14.0 Å². The molecule has 2 aliphatic rings. The van der Waals surface area contributed by atoms with Crippen LogP contribution in [0.2, 0.25) is 0 Å². The number of imide groups is 1. The van der Waals surface area contributed by atoms with E-state index in [1.807, 2.05) is 0 Å². The number of alkyl halides is 3. The SMILES string of the molecule is O=C1c2ccccc2C(=O)N1SC(F)C1(Cl)C=CC=CC1Cl. The third-order valence-electron chi connectivity index (χ3n) is 3.47. The van der Waals surface area contributed by atoms with Crippen molar-refractivity contribution in [2.24, 2.45) is 0 Å². The summed E-state index contributed by atoms with van der Waals surface area (Å²) in [6.07, 6.45) is 6.24. The molecule has 1 aromatic rings. The van der Waals surface area contributed by atoms with Crippen molar-refractivity contribution in [2.45, 2.75) is 15.8 Å². The molecule has 3 atom stereocenters. The van der Waals surface area contributed by atoms with Crippen LogP contribution in [-0.2, 0) is 0 Å². The van der Waals surface area contributed by atoms with E-state index in [0.717, 1.165) is 4.31 Å². The lowest BCUT2D eigenvalue weighted by Crippen LogP contribution is -2.41. The molecule has 2 amide bonds. The van der Waals surface area contributed by atoms with E-state index >= 15 is 0 Å². The predicted molar refractivity (Wildman–Crippen MR) is 85.9 cm³/mol. The van der Waals surface area contributed by atoms with Crippen molar-refractivity contribution in [3.05, 3.63) is 59.7 Å². The lowest BCUT2D eigenvalue weighted by Gasteiger charge is -2.32. The van der Waals surface area contributed by atoms with Crippen molar-refractivity contribution >= 4 is 47.0 Å². The minimum atomic E-state index is -1.76. The van der Waals surface area contributed by atoms with Crippen LogP contribution in [0.1, 0.15) is 20.7 Å². The maximum atomic E-state index is 14.7. The maximum absolute atomic E-state index is 14.7. The lowest BCUT2D eigenvalue weighted by atomic mass is 10.0. The first-order chi connectivity index (χ1) is 10.4. The van der Waals surface area contributed by atoms with Crippen molar-refractivity contribution in [1.29, 1.82) is 0 Å². The minimum absolute atomic E-state index is 0.261. The average Bonchev–Trinajstić information content (AvgIpc) is 2.76. The van der Waals surface area contributed by atoms with E-state index in [0.29, 0.717) is 11.9 Å². The Bertz CT molecular complexity index is 674. The van der Waals surface area contributed by atoms with E-state index in [1.165, 1.54) is 18.2 Å². The molecule has 0 saturated heterocycles. The molecule has 1 aliphatic heterocycles. The van der Waals surface area contributed by atoms with Gasteiger partial charge in [0.1, 0.15) is 4.87 Å². The summed E-state index contributed by atoms with van der Waals surface area (Å²) in [5.74, 6) is -1.09. The molecule has 0 bridgehead atoms. The van der Waals surface area contributed by atoms with Gasteiger partial charge in [0, 0.05) is 11.9 Å². The largest absolute Gasteiger partial charge is 0.271 e. The Labute approximate surface area is 140 Å². The number of amides is 2. The average molecular weight is 358 g/mol. The molecular formula is C15H10Cl2FNO2S. The van der Waals surface area contributed by atoms with E-state index < -0.39 is 27.6 Å². The summed E-state index contributed by atoms with van der Waals surface area (Å²) in [6.45, 7) is 0. The van der Waals surface area contributed by atoms with Crippen LogP contribution in [0.3, 0.4) is 0 Å². The Morgan fingerprint density at radius 1 is 1.18 bits per heavy atom. The minimum Gasteiger partial charge on any atom is -0.268 e. The monoisotopic (exact) mass is 357 g/mol. The van der Waals surface area contributed by atoms with Crippen LogP contribution in [0.25, 0.3) is 0 Å². The molecule has 0 saturated carbocycles. The standard InChI is InChI=1S/C15H10Cl2FNO2S/c16-11-7-3-4-8-15(11,17)14(18)22-19-12(20)9-5-1-2-6-10(9)13(19)21/h1-8,11,14H. The quantitative estimate of drug-likeness (QED) is 0.467. The number of carbonyl (C=O) groups excluding carboxylic acids is 2. The van der Waals surface area contributed by atoms with Crippen molar-refractivity contribution in [3.8, 4) is 0 Å². The normalized spacial score (nSPS) is 28.1. The molecule has 0 radical (unpaired) electrons. The number of allylic oxidation sites excluding steroid dienone is 4. The topological polar surface area (TPSA) is 37.4 Å². The van der Waals surface area contributed by atoms with Gasteiger partial charge in [-0.25, -0.2) is 8.70 Å². The molecule has 0 spiro atoms. The Balaban J connectivity index is 1.83. The van der Waals surface area contributed by atoms with Gasteiger partial charge in [-0.1, -0.05) is 36.4 Å². The van der Waals surface area contributed by atoms with Crippen molar-refractivity contribution in [2.75, 3.05) is 0 Å². The summed E-state index contributed by atoms with van der Waals surface area (Å²) < 4.78 is 15.5. The molecule has 1 aromatic carbocycles. The van der Waals surface area contributed by atoms with Crippen LogP contribution in [0.4, 0.5) is 4.39 Å². The smallest absolute Gasteiger partial charge is 0.268 e. The Kier molecular flexibility index (Phi) is 4.05. The van der Waals surface area contributed by atoms with Crippen molar-refractivity contribution in [1.82, 2.24) is 4.31 Å². The first-order valence-corrected chi connectivity index (χ1v) is 8.08. The highest BCUT2D eigenvalue weighted by Crippen LogP contribution is 2.43. The summed E-state index contributed by atoms with van der Waals surface area (Å²) >= 11 is 12.8. The van der Waals surface area contributed by atoms with E-state index in [4.69, 9.17) is 23.2 Å². The molecular weight excluding hydrogens is 348 g/mol. The fourth-order valence-electron chi connectivity index (χ4n) is 2.24. The molecule has 3 nitrogen and oxygen atoms in total. The third-order valence-corrected chi connectivity index (χ3v) is 5.89. The number of halogens is 3. The van der Waals surface area contributed by atoms with Crippen LogP contribution >= 0.6 is 35.1 Å². The van der Waals surface area contributed by atoms with Crippen molar-refractivity contribution in [3.63, 3.8) is 0 Å². The van der Waals surface area contributed by atoms with Gasteiger partial charge < -0.3 is 0 Å². The molecule has 1 heterocycles. The zero-order chi connectivity index (χ0) is 15.9. The number of rotatable bonds is 3. The van der Waals surface area contributed by atoms with Gasteiger partial charge in [0.15, 0.2) is 5.50 Å². The molecule has 114 valence electrons. The summed E-state index contributed by atoms with van der Waals surface area (Å²) in [4.78, 5) is 22.9. The molecule has 7 heteroatoms. The number of fused-ring (bicyclic) bond motifs is 1. The second kappa shape index (κ2) is 5.72. The number of benzene rings is 1. The predicted octanol–water partition coefficient (Wildman–Crippen LogP) is 3.94. The van der Waals surface area contributed by atoms with Gasteiger partial charge in [0.05, 0.1) is 16.5 Å². The van der Waals surface area contributed by atoms with Crippen LogP contribution in [0.5, 0.6) is 0 Å². The van der Waals surface area contributed by atoms with Gasteiger partial charge in [0.25, 0.3) is 11.8 Å². The number of hydrogen-bond acceptors (Lipinski definition) is 3. The highest BCUT2D eigenvalue weighted by atomic mass is 35.5. The second-order valence-corrected chi connectivity index (χ2v) is 6.96. The third kappa shape index (κ3) is 2.37. The molecule has 0 N–H and O–H groups in total. The molecule has 0 aromatic heterocycles. The summed E-state index contributed by atoms with van der Waals surface area (Å²) in [5.41, 5.74) is -1.24. The number of nitrogens with zero attached hydrogens (tertiary/aromatic N) is 1. The molecule has 22 heavy (non-hydrogen) atoms. The Morgan fingerprint density at radius 2 is 1.77 bits per heavy atom. The fourth-order valence-corrected chi connectivity index (χ4v) is 3.81. The summed E-state index contributed by atoms with van der Waals surface area (Å²) in [7, 11) is 0. The number of carbonyl (C=O) groups is 2. The molecule has 3 rings (SSSR count). The van der Waals surface area contributed by atoms with E-state index in [2.05, 4.69) is 0 Å². The van der Waals surface area contributed by atoms with Gasteiger partial charge >= 0.3 is 0 Å². The van der Waals surface area contributed by atoms with Crippen LogP contribution in [-0.4, -0.2) is 31.9 Å². The zero-order valence-electron chi connectivity index (χ0n) is 11.1. The van der Waals surface area contributed by atoms with Gasteiger partial charge in [0.2, 0.25) is 0 Å². The van der Waals surface area contributed by atoms with Crippen molar-refractivity contribution < 1.29 is 14.0 Å². The fraction of sp³-hybridized carbons (Fsp3) is 0.200. The van der Waals surface area contributed by atoms with Crippen LogP contribution in [0, 0.1) is 0 Å². The lowest BCUT2D eigenvalue weighted by molar-refractivity contribution is 0.0774. The number of hydrogen-bond donors (Lipinski definition) is 0. The van der Waals surface area contributed by atoms with Gasteiger partial charge in [-0.2, -0.15) is 0 Å².